The fourth-order valence-electron chi connectivity index (χ4n) is 3.35. The molecule has 0 aliphatic carbocycles. The summed E-state index contributed by atoms with van der Waals surface area (Å²) in [6.45, 7) is 4.74. The molecule has 0 aliphatic heterocycles. The van der Waals surface area contributed by atoms with Gasteiger partial charge >= 0.3 is 0 Å². The molecule has 4 aromatic rings. The Morgan fingerprint density at radius 2 is 1.85 bits per heavy atom. The Morgan fingerprint density at radius 1 is 1.11 bits per heavy atom. The lowest BCUT2D eigenvalue weighted by Gasteiger charge is -2.10. The molecule has 1 N–H and O–H groups in total. The van der Waals surface area contributed by atoms with Crippen LogP contribution in [0.3, 0.4) is 0 Å². The standard InChI is InChI=1S/C22H21N3O2/c1-15-18-10-6-7-11-19(18)27-22(15)21-20(17-8-4-3-5-9-17)24-14-25(21)13-12-23-16(2)26/h3-11,14H,12-13H2,1-2H3,(H,23,26). The van der Waals surface area contributed by atoms with Crippen molar-refractivity contribution in [2.45, 2.75) is 20.4 Å². The van der Waals surface area contributed by atoms with E-state index in [4.69, 9.17) is 4.42 Å². The highest BCUT2D eigenvalue weighted by atomic mass is 16.3. The van der Waals surface area contributed by atoms with Crippen LogP contribution in [0.4, 0.5) is 0 Å². The molecule has 0 atom stereocenters. The summed E-state index contributed by atoms with van der Waals surface area (Å²) in [4.78, 5) is 15.9. The quantitative estimate of drug-likeness (QED) is 0.574. The predicted molar refractivity (Wildman–Crippen MR) is 106 cm³/mol. The van der Waals surface area contributed by atoms with Gasteiger partial charge in [0.05, 0.1) is 12.0 Å². The van der Waals surface area contributed by atoms with Crippen LogP contribution in [-0.4, -0.2) is 22.0 Å². The lowest BCUT2D eigenvalue weighted by Crippen LogP contribution is -2.24. The molecule has 0 unspecified atom stereocenters. The van der Waals surface area contributed by atoms with Crippen LogP contribution in [0.5, 0.6) is 0 Å². The number of amides is 1. The van der Waals surface area contributed by atoms with Gasteiger partial charge in [-0.15, -0.1) is 0 Å². The predicted octanol–water partition coefficient (Wildman–Crippen LogP) is 4.41. The Labute approximate surface area is 157 Å². The third kappa shape index (κ3) is 3.24. The van der Waals surface area contributed by atoms with Gasteiger partial charge in [-0.25, -0.2) is 4.98 Å². The van der Waals surface area contributed by atoms with Crippen molar-refractivity contribution in [2.75, 3.05) is 6.54 Å². The van der Waals surface area contributed by atoms with Crippen molar-refractivity contribution in [1.82, 2.24) is 14.9 Å². The van der Waals surface area contributed by atoms with E-state index in [2.05, 4.69) is 23.3 Å². The van der Waals surface area contributed by atoms with E-state index < -0.39 is 0 Å². The van der Waals surface area contributed by atoms with Crippen LogP contribution in [0.15, 0.2) is 65.3 Å². The smallest absolute Gasteiger partial charge is 0.216 e. The van der Waals surface area contributed by atoms with Gasteiger partial charge in [0.1, 0.15) is 11.3 Å². The van der Waals surface area contributed by atoms with Gasteiger partial charge in [-0.3, -0.25) is 4.79 Å². The number of fused-ring (bicyclic) bond motifs is 1. The van der Waals surface area contributed by atoms with Gasteiger partial charge in [0.25, 0.3) is 0 Å². The molecule has 0 bridgehead atoms. The number of nitrogens with zero attached hydrogens (tertiary/aromatic N) is 2. The van der Waals surface area contributed by atoms with E-state index in [0.29, 0.717) is 13.1 Å². The zero-order valence-corrected chi connectivity index (χ0v) is 15.4. The molecule has 136 valence electrons. The summed E-state index contributed by atoms with van der Waals surface area (Å²) in [5.74, 6) is 0.773. The summed E-state index contributed by atoms with van der Waals surface area (Å²) in [7, 11) is 0. The first-order valence-electron chi connectivity index (χ1n) is 8.98. The normalized spacial score (nSPS) is 11.0. The SMILES string of the molecule is CC(=O)NCCn1cnc(-c2ccccc2)c1-c1oc2ccccc2c1C. The Bertz CT molecular complexity index is 1090. The van der Waals surface area contributed by atoms with Gasteiger partial charge < -0.3 is 14.3 Å². The largest absolute Gasteiger partial charge is 0.454 e. The van der Waals surface area contributed by atoms with Crippen LogP contribution in [0, 0.1) is 6.92 Å². The fourth-order valence-corrected chi connectivity index (χ4v) is 3.35. The number of rotatable bonds is 5. The molecule has 0 aliphatic rings. The highest BCUT2D eigenvalue weighted by Gasteiger charge is 2.21. The minimum atomic E-state index is -0.0418. The summed E-state index contributed by atoms with van der Waals surface area (Å²) in [5, 5.41) is 3.94. The second-order valence-corrected chi connectivity index (χ2v) is 6.54. The van der Waals surface area contributed by atoms with E-state index in [1.165, 1.54) is 6.92 Å². The molecule has 27 heavy (non-hydrogen) atoms. The summed E-state index contributed by atoms with van der Waals surface area (Å²) < 4.78 is 8.27. The summed E-state index contributed by atoms with van der Waals surface area (Å²) in [6.07, 6.45) is 1.81. The first-order chi connectivity index (χ1) is 13.1. The van der Waals surface area contributed by atoms with Gasteiger partial charge in [0.2, 0.25) is 5.91 Å². The molecule has 2 aromatic heterocycles. The van der Waals surface area contributed by atoms with Crippen molar-refractivity contribution in [3.05, 3.63) is 66.5 Å². The first kappa shape index (κ1) is 17.1. The van der Waals surface area contributed by atoms with Crippen molar-refractivity contribution in [1.29, 1.82) is 0 Å². The summed E-state index contributed by atoms with van der Waals surface area (Å²) in [5.41, 5.74) is 4.79. The summed E-state index contributed by atoms with van der Waals surface area (Å²) in [6, 6.07) is 18.1. The number of benzene rings is 2. The Balaban J connectivity index is 1.86. The molecule has 2 aromatic carbocycles. The second kappa shape index (κ2) is 7.11. The number of hydrogen-bond donors (Lipinski definition) is 1. The van der Waals surface area contributed by atoms with Crippen LogP contribution in [0.25, 0.3) is 33.7 Å². The number of para-hydroxylation sites is 1. The van der Waals surface area contributed by atoms with Crippen LogP contribution >= 0.6 is 0 Å². The fraction of sp³-hybridized carbons (Fsp3) is 0.182. The number of nitrogens with one attached hydrogen (secondary N) is 1. The van der Waals surface area contributed by atoms with Crippen LogP contribution in [0.1, 0.15) is 12.5 Å². The molecular weight excluding hydrogens is 338 g/mol. The molecule has 0 radical (unpaired) electrons. The van der Waals surface area contributed by atoms with Crippen LogP contribution in [0.2, 0.25) is 0 Å². The van der Waals surface area contributed by atoms with Crippen molar-refractivity contribution in [3.8, 4) is 22.7 Å². The van der Waals surface area contributed by atoms with Gasteiger partial charge in [-0.2, -0.15) is 0 Å². The molecule has 0 saturated heterocycles. The Hall–Kier alpha value is -3.34. The molecule has 2 heterocycles. The summed E-state index contributed by atoms with van der Waals surface area (Å²) >= 11 is 0. The van der Waals surface area contributed by atoms with E-state index in [-0.39, 0.29) is 5.91 Å². The van der Waals surface area contributed by atoms with Gasteiger partial charge in [0, 0.05) is 36.5 Å². The zero-order valence-electron chi connectivity index (χ0n) is 15.4. The number of imidazole rings is 1. The van der Waals surface area contributed by atoms with Crippen molar-refractivity contribution in [3.63, 3.8) is 0 Å². The number of aromatic nitrogens is 2. The van der Waals surface area contributed by atoms with Crippen molar-refractivity contribution < 1.29 is 9.21 Å². The monoisotopic (exact) mass is 359 g/mol. The van der Waals surface area contributed by atoms with E-state index in [1.807, 2.05) is 59.4 Å². The van der Waals surface area contributed by atoms with Crippen LogP contribution < -0.4 is 5.32 Å². The minimum absolute atomic E-state index is 0.0418. The van der Waals surface area contributed by atoms with E-state index in [9.17, 15) is 4.79 Å². The van der Waals surface area contributed by atoms with Crippen LogP contribution in [-0.2, 0) is 11.3 Å². The number of carbonyl (C=O) groups is 1. The number of aryl methyl sites for hydroxylation is 1. The Morgan fingerprint density at radius 3 is 2.59 bits per heavy atom. The average Bonchev–Trinajstić information content (AvgIpc) is 3.23. The van der Waals surface area contributed by atoms with E-state index in [0.717, 1.165) is 39.2 Å². The number of carbonyl (C=O) groups excluding carboxylic acids is 1. The molecular formula is C22H21N3O2. The lowest BCUT2D eigenvalue weighted by molar-refractivity contribution is -0.118. The van der Waals surface area contributed by atoms with Gasteiger partial charge in [0.15, 0.2) is 5.76 Å². The molecule has 0 saturated carbocycles. The van der Waals surface area contributed by atoms with Crippen molar-refractivity contribution in [2.24, 2.45) is 0 Å². The molecule has 1 amide bonds. The van der Waals surface area contributed by atoms with Crippen molar-refractivity contribution >= 4 is 16.9 Å². The molecule has 5 heteroatoms. The third-order valence-electron chi connectivity index (χ3n) is 4.67. The topological polar surface area (TPSA) is 60.1 Å². The average molecular weight is 359 g/mol. The lowest BCUT2D eigenvalue weighted by atomic mass is 10.1. The molecule has 0 spiro atoms. The maximum Gasteiger partial charge on any atom is 0.216 e. The molecule has 4 rings (SSSR count). The minimum Gasteiger partial charge on any atom is -0.454 e. The first-order valence-corrected chi connectivity index (χ1v) is 8.98. The maximum absolute atomic E-state index is 11.2. The van der Waals surface area contributed by atoms with E-state index >= 15 is 0 Å². The molecule has 5 nitrogen and oxygen atoms in total. The number of hydrogen-bond acceptors (Lipinski definition) is 3. The highest BCUT2D eigenvalue weighted by molar-refractivity contribution is 5.90. The third-order valence-corrected chi connectivity index (χ3v) is 4.67. The zero-order chi connectivity index (χ0) is 18.8. The van der Waals surface area contributed by atoms with E-state index in [1.54, 1.807) is 0 Å². The molecule has 0 fully saturated rings. The maximum atomic E-state index is 11.2. The van der Waals surface area contributed by atoms with Gasteiger partial charge in [-0.05, 0) is 13.0 Å². The number of furan rings is 1. The highest BCUT2D eigenvalue weighted by Crippen LogP contribution is 2.37. The Kier molecular flexibility index (Phi) is 4.50. The van der Waals surface area contributed by atoms with Gasteiger partial charge in [-0.1, -0.05) is 48.5 Å². The second-order valence-electron chi connectivity index (χ2n) is 6.54.